The number of carbonyl (C=O) groups is 4. The smallest absolute Gasteiger partial charge is 0.318 e. The molecule has 2 fully saturated rings. The van der Waals surface area contributed by atoms with E-state index in [4.69, 9.17) is 0 Å². The molecular formula is C22H22N4O4S. The summed E-state index contributed by atoms with van der Waals surface area (Å²) in [4.78, 5) is 53.3. The van der Waals surface area contributed by atoms with Crippen LogP contribution in [0.5, 0.6) is 0 Å². The SMILES string of the molecule is CSc1ccc(N2C[C@H](C(=O)NN3C(=O)N[C@](C)(c4ccccc4)C3=O)CC2=O)cc1. The summed E-state index contributed by atoms with van der Waals surface area (Å²) in [7, 11) is 0. The van der Waals surface area contributed by atoms with Crippen LogP contribution in [0.2, 0.25) is 0 Å². The molecule has 0 spiro atoms. The highest BCUT2D eigenvalue weighted by Crippen LogP contribution is 2.29. The van der Waals surface area contributed by atoms with Crippen molar-refractivity contribution in [1.29, 1.82) is 0 Å². The summed E-state index contributed by atoms with van der Waals surface area (Å²) in [5, 5.41) is 3.34. The van der Waals surface area contributed by atoms with Crippen LogP contribution in [0.1, 0.15) is 18.9 Å². The Morgan fingerprint density at radius 2 is 1.77 bits per heavy atom. The van der Waals surface area contributed by atoms with Crippen molar-refractivity contribution in [3.63, 3.8) is 0 Å². The molecule has 0 saturated carbocycles. The van der Waals surface area contributed by atoms with Gasteiger partial charge in [-0.3, -0.25) is 19.8 Å². The fourth-order valence-corrected chi connectivity index (χ4v) is 4.21. The molecule has 0 radical (unpaired) electrons. The van der Waals surface area contributed by atoms with Crippen LogP contribution in [0.25, 0.3) is 0 Å². The van der Waals surface area contributed by atoms with Gasteiger partial charge in [0.2, 0.25) is 11.8 Å². The zero-order valence-corrected chi connectivity index (χ0v) is 17.9. The van der Waals surface area contributed by atoms with Crippen LogP contribution in [-0.4, -0.2) is 41.6 Å². The van der Waals surface area contributed by atoms with E-state index in [-0.39, 0.29) is 18.9 Å². The van der Waals surface area contributed by atoms with Crippen molar-refractivity contribution in [2.45, 2.75) is 23.8 Å². The Kier molecular flexibility index (Phi) is 5.45. The number of hydrogen-bond donors (Lipinski definition) is 2. The van der Waals surface area contributed by atoms with Gasteiger partial charge in [-0.25, -0.2) is 4.79 Å². The van der Waals surface area contributed by atoms with Gasteiger partial charge in [0.25, 0.3) is 5.91 Å². The van der Waals surface area contributed by atoms with E-state index in [1.165, 1.54) is 0 Å². The van der Waals surface area contributed by atoms with E-state index < -0.39 is 29.3 Å². The average molecular weight is 439 g/mol. The zero-order chi connectivity index (χ0) is 22.2. The van der Waals surface area contributed by atoms with E-state index in [2.05, 4.69) is 10.7 Å². The molecular weight excluding hydrogens is 416 g/mol. The van der Waals surface area contributed by atoms with Crippen LogP contribution in [-0.2, 0) is 19.9 Å². The van der Waals surface area contributed by atoms with Gasteiger partial charge in [-0.2, -0.15) is 5.01 Å². The standard InChI is InChI=1S/C22H22N4O4S/c1-22(15-6-4-3-5-7-15)20(29)26(21(30)23-22)24-19(28)14-12-18(27)25(13-14)16-8-10-17(31-2)11-9-16/h3-11,14H,12-13H2,1-2H3,(H,23,30)(H,24,28)/t14-,22-/m1/s1. The molecule has 5 amide bonds. The van der Waals surface area contributed by atoms with Crippen LogP contribution >= 0.6 is 11.8 Å². The predicted molar refractivity (Wildman–Crippen MR) is 116 cm³/mol. The first kappa shape index (κ1) is 20.9. The van der Waals surface area contributed by atoms with Crippen LogP contribution in [0.3, 0.4) is 0 Å². The van der Waals surface area contributed by atoms with Crippen LogP contribution in [0, 0.1) is 5.92 Å². The molecule has 2 N–H and O–H groups in total. The number of urea groups is 1. The van der Waals surface area contributed by atoms with Crippen LogP contribution in [0.15, 0.2) is 59.5 Å². The van der Waals surface area contributed by atoms with E-state index in [0.717, 1.165) is 4.90 Å². The molecule has 8 nitrogen and oxygen atoms in total. The van der Waals surface area contributed by atoms with Crippen molar-refractivity contribution in [2.24, 2.45) is 5.92 Å². The molecule has 160 valence electrons. The van der Waals surface area contributed by atoms with E-state index in [0.29, 0.717) is 16.3 Å². The molecule has 31 heavy (non-hydrogen) atoms. The second-order valence-electron chi connectivity index (χ2n) is 7.64. The first-order valence-corrected chi connectivity index (χ1v) is 11.0. The molecule has 2 aromatic carbocycles. The Morgan fingerprint density at radius 1 is 1.10 bits per heavy atom. The van der Waals surface area contributed by atoms with Crippen molar-refractivity contribution in [3.05, 3.63) is 60.2 Å². The van der Waals surface area contributed by atoms with E-state index >= 15 is 0 Å². The summed E-state index contributed by atoms with van der Waals surface area (Å²) in [6.07, 6.45) is 1.98. The Labute approximate surface area is 183 Å². The second-order valence-corrected chi connectivity index (χ2v) is 8.52. The van der Waals surface area contributed by atoms with Crippen molar-refractivity contribution in [2.75, 3.05) is 17.7 Å². The Morgan fingerprint density at radius 3 is 2.42 bits per heavy atom. The number of benzene rings is 2. The number of nitrogens with one attached hydrogen (secondary N) is 2. The van der Waals surface area contributed by atoms with Gasteiger partial charge in [-0.05, 0) is 43.0 Å². The number of anilines is 1. The molecule has 2 saturated heterocycles. The Bertz CT molecular complexity index is 1040. The van der Waals surface area contributed by atoms with Gasteiger partial charge in [0.05, 0.1) is 5.92 Å². The molecule has 2 heterocycles. The molecule has 0 aliphatic carbocycles. The summed E-state index contributed by atoms with van der Waals surface area (Å²) in [5.74, 6) is -1.97. The number of rotatable bonds is 5. The number of imide groups is 1. The number of hydrazine groups is 1. The highest BCUT2D eigenvalue weighted by Gasteiger charge is 2.50. The summed E-state index contributed by atoms with van der Waals surface area (Å²) in [5.41, 5.74) is 2.46. The largest absolute Gasteiger partial charge is 0.344 e. The maximum absolute atomic E-state index is 12.9. The monoisotopic (exact) mass is 438 g/mol. The minimum Gasteiger partial charge on any atom is -0.318 e. The number of amides is 5. The minimum absolute atomic E-state index is 0.00964. The number of hydrogen-bond acceptors (Lipinski definition) is 5. The fourth-order valence-electron chi connectivity index (χ4n) is 3.80. The highest BCUT2D eigenvalue weighted by molar-refractivity contribution is 7.98. The zero-order valence-electron chi connectivity index (χ0n) is 17.1. The summed E-state index contributed by atoms with van der Waals surface area (Å²) < 4.78 is 0. The van der Waals surface area contributed by atoms with Gasteiger partial charge in [0.15, 0.2) is 0 Å². The first-order chi connectivity index (χ1) is 14.8. The lowest BCUT2D eigenvalue weighted by atomic mass is 9.92. The number of carbonyl (C=O) groups excluding carboxylic acids is 4. The molecule has 4 rings (SSSR count). The third-order valence-electron chi connectivity index (χ3n) is 5.64. The molecule has 2 atom stereocenters. The summed E-state index contributed by atoms with van der Waals surface area (Å²) in [6, 6.07) is 15.6. The van der Waals surface area contributed by atoms with Crippen molar-refractivity contribution in [1.82, 2.24) is 15.8 Å². The van der Waals surface area contributed by atoms with Gasteiger partial charge in [0.1, 0.15) is 5.54 Å². The van der Waals surface area contributed by atoms with Crippen molar-refractivity contribution < 1.29 is 19.2 Å². The van der Waals surface area contributed by atoms with Crippen molar-refractivity contribution >= 4 is 41.2 Å². The van der Waals surface area contributed by atoms with E-state index in [1.807, 2.05) is 36.6 Å². The Hall–Kier alpha value is -3.33. The molecule has 0 aromatic heterocycles. The predicted octanol–water partition coefficient (Wildman–Crippen LogP) is 2.26. The quantitative estimate of drug-likeness (QED) is 0.551. The van der Waals surface area contributed by atoms with E-state index in [1.54, 1.807) is 47.9 Å². The average Bonchev–Trinajstić information content (AvgIpc) is 3.28. The van der Waals surface area contributed by atoms with Gasteiger partial charge in [-0.1, -0.05) is 30.3 Å². The topological polar surface area (TPSA) is 98.8 Å². The maximum Gasteiger partial charge on any atom is 0.344 e. The van der Waals surface area contributed by atoms with Gasteiger partial charge in [-0.15, -0.1) is 11.8 Å². The summed E-state index contributed by atoms with van der Waals surface area (Å²) >= 11 is 1.60. The lowest BCUT2D eigenvalue weighted by molar-refractivity contribution is -0.140. The third kappa shape index (κ3) is 3.76. The third-order valence-corrected chi connectivity index (χ3v) is 6.39. The van der Waals surface area contributed by atoms with Gasteiger partial charge < -0.3 is 10.2 Å². The minimum atomic E-state index is -1.28. The molecule has 2 aliphatic rings. The van der Waals surface area contributed by atoms with Crippen molar-refractivity contribution in [3.8, 4) is 0 Å². The lowest BCUT2D eigenvalue weighted by Crippen LogP contribution is -2.50. The number of nitrogens with zero attached hydrogens (tertiary/aromatic N) is 2. The molecule has 2 aliphatic heterocycles. The molecule has 0 bridgehead atoms. The highest BCUT2D eigenvalue weighted by atomic mass is 32.2. The fraction of sp³-hybridized carbons (Fsp3) is 0.273. The Balaban J connectivity index is 1.45. The van der Waals surface area contributed by atoms with E-state index in [9.17, 15) is 19.2 Å². The van der Waals surface area contributed by atoms with Crippen LogP contribution in [0.4, 0.5) is 10.5 Å². The maximum atomic E-state index is 12.9. The van der Waals surface area contributed by atoms with Gasteiger partial charge >= 0.3 is 6.03 Å². The first-order valence-electron chi connectivity index (χ1n) is 9.80. The number of thioether (sulfide) groups is 1. The lowest BCUT2D eigenvalue weighted by Gasteiger charge is -2.22. The summed E-state index contributed by atoms with van der Waals surface area (Å²) in [6.45, 7) is 1.77. The molecule has 0 unspecified atom stereocenters. The second kappa shape index (κ2) is 8.07. The van der Waals surface area contributed by atoms with Crippen LogP contribution < -0.4 is 15.6 Å². The molecule has 2 aromatic rings. The van der Waals surface area contributed by atoms with Gasteiger partial charge in [0, 0.05) is 23.5 Å². The molecule has 9 heteroatoms. The normalized spacial score (nSPS) is 23.3.